The number of para-hydroxylation sites is 1. The van der Waals surface area contributed by atoms with Crippen LogP contribution in [-0.4, -0.2) is 40.7 Å². The summed E-state index contributed by atoms with van der Waals surface area (Å²) in [4.78, 5) is 23.9. The topological polar surface area (TPSA) is 88.1 Å². The van der Waals surface area contributed by atoms with E-state index in [0.29, 0.717) is 5.82 Å². The molecular formula is C23H25N5O2. The minimum absolute atomic E-state index is 0.110. The van der Waals surface area contributed by atoms with Gasteiger partial charge in [-0.1, -0.05) is 49.7 Å². The Morgan fingerprint density at radius 1 is 1.17 bits per heavy atom. The van der Waals surface area contributed by atoms with E-state index in [1.54, 1.807) is 0 Å². The molecule has 1 fully saturated rings. The number of rotatable bonds is 6. The van der Waals surface area contributed by atoms with Gasteiger partial charge in [-0.25, -0.2) is 4.68 Å². The summed E-state index contributed by atoms with van der Waals surface area (Å²) in [6, 6.07) is 19.6. The van der Waals surface area contributed by atoms with Crippen molar-refractivity contribution >= 4 is 17.6 Å². The van der Waals surface area contributed by atoms with E-state index >= 15 is 0 Å². The Morgan fingerprint density at radius 3 is 2.73 bits per heavy atom. The minimum atomic E-state index is -0.485. The maximum Gasteiger partial charge on any atom is 0.244 e. The lowest BCUT2D eigenvalue weighted by atomic mass is 10.0. The van der Waals surface area contributed by atoms with Crippen molar-refractivity contribution in [3.8, 4) is 16.9 Å². The number of hydrogen-bond donors (Lipinski definition) is 3. The van der Waals surface area contributed by atoms with Crippen LogP contribution in [0, 0.1) is 0 Å². The highest BCUT2D eigenvalue weighted by atomic mass is 16.2. The number of benzene rings is 2. The van der Waals surface area contributed by atoms with E-state index in [-0.39, 0.29) is 24.9 Å². The zero-order chi connectivity index (χ0) is 20.9. The van der Waals surface area contributed by atoms with Gasteiger partial charge in [0.15, 0.2) is 5.82 Å². The molecule has 2 heterocycles. The summed E-state index contributed by atoms with van der Waals surface area (Å²) >= 11 is 0. The Balaban J connectivity index is 1.65. The zero-order valence-electron chi connectivity index (χ0n) is 16.9. The molecular weight excluding hydrogens is 378 g/mol. The third-order valence-electron chi connectivity index (χ3n) is 5.05. The molecule has 3 aromatic rings. The number of aryl methyl sites for hydroxylation is 1. The van der Waals surface area contributed by atoms with Crippen molar-refractivity contribution in [1.82, 2.24) is 20.4 Å². The van der Waals surface area contributed by atoms with E-state index in [4.69, 9.17) is 0 Å². The highest BCUT2D eigenvalue weighted by Gasteiger charge is 2.25. The summed E-state index contributed by atoms with van der Waals surface area (Å²) in [6.45, 7) is 2.55. The van der Waals surface area contributed by atoms with Gasteiger partial charge < -0.3 is 10.6 Å². The summed E-state index contributed by atoms with van der Waals surface area (Å²) in [5, 5.41) is 13.2. The van der Waals surface area contributed by atoms with Crippen LogP contribution in [0.1, 0.15) is 18.9 Å². The number of amides is 2. The number of hydrogen-bond acceptors (Lipinski definition) is 4. The fourth-order valence-corrected chi connectivity index (χ4v) is 3.55. The smallest absolute Gasteiger partial charge is 0.244 e. The van der Waals surface area contributed by atoms with E-state index in [9.17, 15) is 9.59 Å². The molecule has 0 aliphatic carbocycles. The Kier molecular flexibility index (Phi) is 5.90. The molecule has 1 aliphatic heterocycles. The zero-order valence-corrected chi connectivity index (χ0v) is 16.9. The Morgan fingerprint density at radius 2 is 2.00 bits per heavy atom. The van der Waals surface area contributed by atoms with Crippen LogP contribution < -0.4 is 16.0 Å². The van der Waals surface area contributed by atoms with Gasteiger partial charge in [0.05, 0.1) is 17.9 Å². The fraction of sp³-hybridized carbons (Fsp3) is 0.261. The minimum Gasteiger partial charge on any atom is -0.353 e. The molecule has 1 saturated heterocycles. The quantitative estimate of drug-likeness (QED) is 0.590. The number of piperazine rings is 1. The average molecular weight is 403 g/mol. The summed E-state index contributed by atoms with van der Waals surface area (Å²) < 4.78 is 1.84. The van der Waals surface area contributed by atoms with E-state index in [2.05, 4.69) is 52.2 Å². The maximum absolute atomic E-state index is 12.6. The first kappa shape index (κ1) is 19.8. The number of nitrogens with one attached hydrogen (secondary N) is 3. The second-order valence-electron chi connectivity index (χ2n) is 7.34. The predicted molar refractivity (Wildman–Crippen MR) is 116 cm³/mol. The molecule has 0 spiro atoms. The lowest BCUT2D eigenvalue weighted by Gasteiger charge is -2.22. The van der Waals surface area contributed by atoms with Crippen LogP contribution in [0.25, 0.3) is 16.9 Å². The van der Waals surface area contributed by atoms with Gasteiger partial charge in [-0.3, -0.25) is 14.9 Å². The largest absolute Gasteiger partial charge is 0.353 e. The number of carbonyl (C=O) groups excluding carboxylic acids is 2. The third kappa shape index (κ3) is 4.41. The molecule has 30 heavy (non-hydrogen) atoms. The third-order valence-corrected chi connectivity index (χ3v) is 5.05. The van der Waals surface area contributed by atoms with Crippen LogP contribution in [0.3, 0.4) is 0 Å². The lowest BCUT2D eigenvalue weighted by Crippen LogP contribution is -2.56. The van der Waals surface area contributed by atoms with Gasteiger partial charge in [-0.2, -0.15) is 0 Å². The SMILES string of the molecule is CCCc1cccc(-c2cc(NC(=O)[C@@H]3CNC(=O)CN3)nn2-c2ccccc2)c1. The first-order valence-corrected chi connectivity index (χ1v) is 10.2. The average Bonchev–Trinajstić information content (AvgIpc) is 3.19. The number of anilines is 1. The standard InChI is InChI=1S/C23H25N5O2/c1-2-7-16-8-6-9-17(12-16)20-13-21(27-28(20)18-10-4-3-5-11-18)26-23(30)19-14-25-22(29)15-24-19/h3-6,8-13,19,24H,2,7,14-15H2,1H3,(H,25,29)(H,26,27,30)/t19-/m0/s1. The van der Waals surface area contributed by atoms with E-state index in [1.165, 1.54) is 5.56 Å². The molecule has 0 saturated carbocycles. The van der Waals surface area contributed by atoms with Crippen molar-refractivity contribution in [2.75, 3.05) is 18.4 Å². The number of nitrogens with zero attached hydrogens (tertiary/aromatic N) is 2. The van der Waals surface area contributed by atoms with Crippen LogP contribution >= 0.6 is 0 Å². The van der Waals surface area contributed by atoms with Gasteiger partial charge in [0.25, 0.3) is 0 Å². The molecule has 7 nitrogen and oxygen atoms in total. The fourth-order valence-electron chi connectivity index (χ4n) is 3.55. The lowest BCUT2D eigenvalue weighted by molar-refractivity contribution is -0.124. The van der Waals surface area contributed by atoms with E-state index in [0.717, 1.165) is 29.8 Å². The summed E-state index contributed by atoms with van der Waals surface area (Å²) in [7, 11) is 0. The van der Waals surface area contributed by atoms with Gasteiger partial charge in [0, 0.05) is 18.2 Å². The second-order valence-corrected chi connectivity index (χ2v) is 7.34. The molecule has 1 aliphatic rings. The van der Waals surface area contributed by atoms with Gasteiger partial charge >= 0.3 is 0 Å². The van der Waals surface area contributed by atoms with Crippen LogP contribution in [0.15, 0.2) is 60.7 Å². The van der Waals surface area contributed by atoms with Gasteiger partial charge in [-0.05, 0) is 30.2 Å². The monoisotopic (exact) mass is 403 g/mol. The first-order chi connectivity index (χ1) is 14.6. The van der Waals surface area contributed by atoms with Crippen molar-refractivity contribution in [3.05, 3.63) is 66.2 Å². The Labute approximate surface area is 175 Å². The Bertz CT molecular complexity index is 1030. The number of carbonyl (C=O) groups is 2. The van der Waals surface area contributed by atoms with Crippen molar-refractivity contribution in [2.45, 2.75) is 25.8 Å². The van der Waals surface area contributed by atoms with Gasteiger partial charge in [0.1, 0.15) is 6.04 Å². The second kappa shape index (κ2) is 8.92. The molecule has 3 N–H and O–H groups in total. The predicted octanol–water partition coefficient (Wildman–Crippen LogP) is 2.52. The van der Waals surface area contributed by atoms with Crippen LogP contribution in [0.4, 0.5) is 5.82 Å². The molecule has 4 rings (SSSR count). The number of aromatic nitrogens is 2. The first-order valence-electron chi connectivity index (χ1n) is 10.2. The highest BCUT2D eigenvalue weighted by Crippen LogP contribution is 2.27. The Hall–Kier alpha value is -3.45. The van der Waals surface area contributed by atoms with Crippen molar-refractivity contribution in [1.29, 1.82) is 0 Å². The molecule has 0 radical (unpaired) electrons. The van der Waals surface area contributed by atoms with Crippen molar-refractivity contribution in [3.63, 3.8) is 0 Å². The van der Waals surface area contributed by atoms with Crippen molar-refractivity contribution in [2.24, 2.45) is 0 Å². The molecule has 2 amide bonds. The maximum atomic E-state index is 12.6. The molecule has 0 unspecified atom stereocenters. The molecule has 7 heteroatoms. The van der Waals surface area contributed by atoms with E-state index in [1.807, 2.05) is 41.1 Å². The molecule has 0 bridgehead atoms. The van der Waals surface area contributed by atoms with Crippen LogP contribution in [0.5, 0.6) is 0 Å². The summed E-state index contributed by atoms with van der Waals surface area (Å²) in [5.41, 5.74) is 4.13. The molecule has 1 aromatic heterocycles. The van der Waals surface area contributed by atoms with Crippen LogP contribution in [0.2, 0.25) is 0 Å². The van der Waals surface area contributed by atoms with E-state index < -0.39 is 6.04 Å². The van der Waals surface area contributed by atoms with Gasteiger partial charge in [-0.15, -0.1) is 5.10 Å². The van der Waals surface area contributed by atoms with Gasteiger partial charge in [0.2, 0.25) is 11.8 Å². The summed E-state index contributed by atoms with van der Waals surface area (Å²) in [5.74, 6) is 0.138. The normalized spacial score (nSPS) is 16.2. The van der Waals surface area contributed by atoms with Crippen molar-refractivity contribution < 1.29 is 9.59 Å². The molecule has 154 valence electrons. The molecule has 2 aromatic carbocycles. The molecule has 1 atom stereocenters. The summed E-state index contributed by atoms with van der Waals surface area (Å²) in [6.07, 6.45) is 2.09. The highest BCUT2D eigenvalue weighted by molar-refractivity contribution is 5.96. The van der Waals surface area contributed by atoms with Crippen LogP contribution in [-0.2, 0) is 16.0 Å².